The van der Waals surface area contributed by atoms with Crippen LogP contribution in [0.4, 0.5) is 0 Å². The van der Waals surface area contributed by atoms with Crippen LogP contribution in [-0.4, -0.2) is 26.0 Å². The van der Waals surface area contributed by atoms with Crippen LogP contribution in [0.3, 0.4) is 0 Å². The summed E-state index contributed by atoms with van der Waals surface area (Å²) in [5.74, 6) is -1.46. The third-order valence-electron chi connectivity index (χ3n) is 4.80. The molecule has 0 aromatic heterocycles. The normalized spacial score (nSPS) is 11.9. The molecule has 33 heavy (non-hydrogen) atoms. The summed E-state index contributed by atoms with van der Waals surface area (Å²) < 4.78 is 37.5. The predicted molar refractivity (Wildman–Crippen MR) is 124 cm³/mol. The van der Waals surface area contributed by atoms with Crippen LogP contribution < -0.4 is 9.46 Å². The van der Waals surface area contributed by atoms with Crippen molar-refractivity contribution < 1.29 is 27.5 Å². The summed E-state index contributed by atoms with van der Waals surface area (Å²) >= 11 is 0. The van der Waals surface area contributed by atoms with E-state index in [2.05, 4.69) is 0 Å². The van der Waals surface area contributed by atoms with Gasteiger partial charge < -0.3 is 9.47 Å². The van der Waals surface area contributed by atoms with Gasteiger partial charge in [-0.2, -0.15) is 0 Å². The summed E-state index contributed by atoms with van der Waals surface area (Å²) in [5, 5.41) is 0. The second-order valence-corrected chi connectivity index (χ2v) is 9.23. The number of amides is 1. The van der Waals surface area contributed by atoms with Crippen molar-refractivity contribution in [1.82, 2.24) is 4.72 Å². The van der Waals surface area contributed by atoms with E-state index in [1.165, 1.54) is 0 Å². The fourth-order valence-electron chi connectivity index (χ4n) is 2.94. The molecule has 0 aliphatic rings. The standard InChI is InChI=1S/C25H25NO6S/c1-19(21-11-8-14-23(17-21)32-22-12-6-3-7-13-22)25(28)26-33(29,30)16-15-24(27)31-18-20-9-4-2-5-10-20/h2-14,17,19H,15-16,18H2,1H3,(H,26,28). The van der Waals surface area contributed by atoms with Gasteiger partial charge >= 0.3 is 5.97 Å². The zero-order valence-electron chi connectivity index (χ0n) is 18.1. The highest BCUT2D eigenvalue weighted by Crippen LogP contribution is 2.25. The van der Waals surface area contributed by atoms with E-state index in [0.717, 1.165) is 5.56 Å². The molecule has 3 aromatic carbocycles. The molecule has 1 unspecified atom stereocenters. The third-order valence-corrected chi connectivity index (χ3v) is 6.06. The topological polar surface area (TPSA) is 98.8 Å². The molecule has 7 nitrogen and oxygen atoms in total. The third kappa shape index (κ3) is 7.76. The highest BCUT2D eigenvalue weighted by molar-refractivity contribution is 7.90. The molecule has 0 bridgehead atoms. The van der Waals surface area contributed by atoms with E-state index in [1.54, 1.807) is 55.5 Å². The van der Waals surface area contributed by atoms with E-state index in [0.29, 0.717) is 17.1 Å². The monoisotopic (exact) mass is 467 g/mol. The van der Waals surface area contributed by atoms with Gasteiger partial charge in [-0.1, -0.05) is 60.7 Å². The number of hydrogen-bond donors (Lipinski definition) is 1. The molecule has 0 fully saturated rings. The summed E-state index contributed by atoms with van der Waals surface area (Å²) in [7, 11) is -4.00. The molecule has 0 radical (unpaired) electrons. The fraction of sp³-hybridized carbons (Fsp3) is 0.200. The van der Waals surface area contributed by atoms with Crippen molar-refractivity contribution in [3.63, 3.8) is 0 Å². The summed E-state index contributed by atoms with van der Waals surface area (Å²) in [4.78, 5) is 24.4. The van der Waals surface area contributed by atoms with Crippen molar-refractivity contribution in [2.45, 2.75) is 25.9 Å². The van der Waals surface area contributed by atoms with Gasteiger partial charge in [0.25, 0.3) is 0 Å². The molecular formula is C25H25NO6S. The van der Waals surface area contributed by atoms with Crippen molar-refractivity contribution in [3.05, 3.63) is 96.1 Å². The zero-order chi connectivity index (χ0) is 23.7. The van der Waals surface area contributed by atoms with Crippen molar-refractivity contribution in [2.24, 2.45) is 0 Å². The molecule has 8 heteroatoms. The molecule has 3 aromatic rings. The number of carbonyl (C=O) groups excluding carboxylic acids is 2. The number of ether oxygens (including phenoxy) is 2. The smallest absolute Gasteiger partial charge is 0.307 e. The number of para-hydroxylation sites is 1. The Morgan fingerprint density at radius 2 is 1.52 bits per heavy atom. The number of benzene rings is 3. The van der Waals surface area contributed by atoms with Crippen molar-refractivity contribution >= 4 is 21.9 Å². The molecule has 0 saturated carbocycles. The van der Waals surface area contributed by atoms with Crippen LogP contribution in [0.25, 0.3) is 0 Å². The average molecular weight is 468 g/mol. The van der Waals surface area contributed by atoms with Gasteiger partial charge in [0.2, 0.25) is 15.9 Å². The van der Waals surface area contributed by atoms with Crippen molar-refractivity contribution in [2.75, 3.05) is 5.75 Å². The van der Waals surface area contributed by atoms with Crippen molar-refractivity contribution in [3.8, 4) is 11.5 Å². The Kier molecular flexibility index (Phi) is 8.21. The van der Waals surface area contributed by atoms with Gasteiger partial charge in [0.1, 0.15) is 18.1 Å². The Morgan fingerprint density at radius 3 is 2.21 bits per heavy atom. The number of esters is 1. The molecule has 172 valence electrons. The van der Waals surface area contributed by atoms with E-state index in [-0.39, 0.29) is 13.0 Å². The summed E-state index contributed by atoms with van der Waals surface area (Å²) in [6, 6.07) is 25.1. The number of hydrogen-bond acceptors (Lipinski definition) is 6. The Bertz CT molecular complexity index is 1180. The number of nitrogens with one attached hydrogen (secondary N) is 1. The van der Waals surface area contributed by atoms with Gasteiger partial charge in [0.05, 0.1) is 18.1 Å². The quantitative estimate of drug-likeness (QED) is 0.450. The second kappa shape index (κ2) is 11.3. The Balaban J connectivity index is 1.51. The first-order chi connectivity index (χ1) is 15.8. The van der Waals surface area contributed by atoms with Crippen LogP contribution in [0.2, 0.25) is 0 Å². The van der Waals surface area contributed by atoms with E-state index in [4.69, 9.17) is 9.47 Å². The van der Waals surface area contributed by atoms with Gasteiger partial charge in [-0.05, 0) is 42.3 Å². The molecule has 3 rings (SSSR count). The van der Waals surface area contributed by atoms with Gasteiger partial charge in [-0.15, -0.1) is 0 Å². The number of sulfonamides is 1. The maximum absolute atomic E-state index is 12.5. The van der Waals surface area contributed by atoms with Crippen LogP contribution >= 0.6 is 0 Å². The molecular weight excluding hydrogens is 442 g/mol. The highest BCUT2D eigenvalue weighted by atomic mass is 32.2. The van der Waals surface area contributed by atoms with Gasteiger partial charge in [-0.25, -0.2) is 8.42 Å². The van der Waals surface area contributed by atoms with E-state index < -0.39 is 33.6 Å². The van der Waals surface area contributed by atoms with Gasteiger partial charge in [-0.3, -0.25) is 14.3 Å². The molecule has 0 aliphatic carbocycles. The molecule has 1 N–H and O–H groups in total. The summed E-state index contributed by atoms with van der Waals surface area (Å²) in [6.45, 7) is 1.66. The summed E-state index contributed by atoms with van der Waals surface area (Å²) in [6.07, 6.45) is -0.357. The minimum absolute atomic E-state index is 0.0600. The lowest BCUT2D eigenvalue weighted by molar-refractivity contribution is -0.144. The lowest BCUT2D eigenvalue weighted by atomic mass is 10.0. The molecule has 1 atom stereocenters. The SMILES string of the molecule is CC(C(=O)NS(=O)(=O)CCC(=O)OCc1ccccc1)c1cccc(Oc2ccccc2)c1. The van der Waals surface area contributed by atoms with Crippen LogP contribution in [0.5, 0.6) is 11.5 Å². The molecule has 0 saturated heterocycles. The molecule has 0 spiro atoms. The van der Waals surface area contributed by atoms with Crippen LogP contribution in [-0.2, 0) is 31.0 Å². The van der Waals surface area contributed by atoms with Gasteiger partial charge in [0.15, 0.2) is 0 Å². The van der Waals surface area contributed by atoms with Crippen LogP contribution in [0.15, 0.2) is 84.9 Å². The maximum atomic E-state index is 12.5. The second-order valence-electron chi connectivity index (χ2n) is 7.39. The van der Waals surface area contributed by atoms with E-state index in [1.807, 2.05) is 41.1 Å². The average Bonchev–Trinajstić information content (AvgIpc) is 2.82. The Morgan fingerprint density at radius 1 is 0.879 bits per heavy atom. The first kappa shape index (κ1) is 24.0. The largest absolute Gasteiger partial charge is 0.461 e. The fourth-order valence-corrected chi connectivity index (χ4v) is 3.96. The highest BCUT2D eigenvalue weighted by Gasteiger charge is 2.22. The van der Waals surface area contributed by atoms with Crippen LogP contribution in [0, 0.1) is 0 Å². The first-order valence-corrected chi connectivity index (χ1v) is 12.0. The Hall–Kier alpha value is -3.65. The lowest BCUT2D eigenvalue weighted by Gasteiger charge is -2.14. The van der Waals surface area contributed by atoms with Crippen molar-refractivity contribution in [1.29, 1.82) is 0 Å². The molecule has 0 heterocycles. The lowest BCUT2D eigenvalue weighted by Crippen LogP contribution is -2.36. The Labute approximate surface area is 193 Å². The van der Waals surface area contributed by atoms with Gasteiger partial charge in [0, 0.05) is 0 Å². The zero-order valence-corrected chi connectivity index (χ0v) is 19.0. The molecule has 0 aliphatic heterocycles. The number of rotatable bonds is 10. The van der Waals surface area contributed by atoms with E-state index >= 15 is 0 Å². The van der Waals surface area contributed by atoms with Crippen LogP contribution in [0.1, 0.15) is 30.4 Å². The predicted octanol–water partition coefficient (Wildman–Crippen LogP) is 4.16. The minimum atomic E-state index is -4.00. The first-order valence-electron chi connectivity index (χ1n) is 10.4. The maximum Gasteiger partial charge on any atom is 0.307 e. The number of carbonyl (C=O) groups is 2. The molecule has 1 amide bonds. The minimum Gasteiger partial charge on any atom is -0.461 e. The summed E-state index contributed by atoms with van der Waals surface area (Å²) in [5.41, 5.74) is 1.40. The van der Waals surface area contributed by atoms with E-state index in [9.17, 15) is 18.0 Å².